The van der Waals surface area contributed by atoms with Crippen LogP contribution in [0.5, 0.6) is 0 Å². The van der Waals surface area contributed by atoms with E-state index in [4.69, 9.17) is 0 Å². The predicted molar refractivity (Wildman–Crippen MR) is 94.3 cm³/mol. The average molecular weight is 300 g/mol. The number of hydrogen-bond acceptors (Lipinski definition) is 2. The Balaban J connectivity index is 2.01. The SMILES string of the molecule is CC(C)(C)N1CC2Cc3ccccc3CC1CN2C(C)(C)C. The van der Waals surface area contributed by atoms with Crippen molar-refractivity contribution in [1.82, 2.24) is 9.80 Å². The van der Waals surface area contributed by atoms with Gasteiger partial charge in [0, 0.05) is 36.3 Å². The molecule has 1 aromatic carbocycles. The first-order valence-electron chi connectivity index (χ1n) is 8.76. The molecular formula is C20H32N2. The Morgan fingerprint density at radius 1 is 0.727 bits per heavy atom. The molecule has 3 aliphatic rings. The Morgan fingerprint density at radius 3 is 1.41 bits per heavy atom. The van der Waals surface area contributed by atoms with Gasteiger partial charge in [-0.2, -0.15) is 0 Å². The summed E-state index contributed by atoms with van der Waals surface area (Å²) in [5.41, 5.74) is 3.64. The Hall–Kier alpha value is -0.860. The normalized spacial score (nSPS) is 27.4. The van der Waals surface area contributed by atoms with Crippen LogP contribution in [0.4, 0.5) is 0 Å². The van der Waals surface area contributed by atoms with Crippen LogP contribution in [0, 0.1) is 0 Å². The minimum Gasteiger partial charge on any atom is -0.292 e. The molecule has 0 radical (unpaired) electrons. The number of piperazine rings is 1. The molecule has 0 amide bonds. The molecule has 0 N–H and O–H groups in total. The molecule has 0 aliphatic carbocycles. The van der Waals surface area contributed by atoms with Gasteiger partial charge in [0.1, 0.15) is 0 Å². The summed E-state index contributed by atoms with van der Waals surface area (Å²) in [7, 11) is 0. The van der Waals surface area contributed by atoms with Crippen LogP contribution in [0.3, 0.4) is 0 Å². The van der Waals surface area contributed by atoms with Crippen molar-refractivity contribution in [3.63, 3.8) is 0 Å². The second-order valence-corrected chi connectivity index (χ2v) is 9.13. The van der Waals surface area contributed by atoms with E-state index in [1.54, 1.807) is 11.1 Å². The maximum Gasteiger partial charge on any atom is 0.0269 e. The molecule has 2 nitrogen and oxygen atoms in total. The summed E-state index contributed by atoms with van der Waals surface area (Å²) in [5.74, 6) is 0. The minimum absolute atomic E-state index is 0.249. The Kier molecular flexibility index (Phi) is 3.89. The highest BCUT2D eigenvalue weighted by Crippen LogP contribution is 2.34. The fourth-order valence-electron chi connectivity index (χ4n) is 4.41. The Labute approximate surface area is 136 Å². The summed E-state index contributed by atoms with van der Waals surface area (Å²) in [6.45, 7) is 16.6. The minimum atomic E-state index is 0.249. The average Bonchev–Trinajstić information content (AvgIpc) is 2.35. The molecule has 2 unspecified atom stereocenters. The van der Waals surface area contributed by atoms with Crippen LogP contribution in [-0.2, 0) is 12.8 Å². The van der Waals surface area contributed by atoms with Crippen LogP contribution >= 0.6 is 0 Å². The van der Waals surface area contributed by atoms with E-state index in [2.05, 4.69) is 75.6 Å². The molecule has 1 aromatic rings. The summed E-state index contributed by atoms with van der Waals surface area (Å²) in [6, 6.07) is 10.3. The van der Waals surface area contributed by atoms with E-state index in [0.29, 0.717) is 12.1 Å². The lowest BCUT2D eigenvalue weighted by molar-refractivity contribution is -0.0608. The summed E-state index contributed by atoms with van der Waals surface area (Å²) < 4.78 is 0. The van der Waals surface area contributed by atoms with E-state index >= 15 is 0 Å². The quantitative estimate of drug-likeness (QED) is 0.720. The maximum atomic E-state index is 2.76. The molecule has 1 saturated heterocycles. The van der Waals surface area contributed by atoms with Crippen molar-refractivity contribution in [2.24, 2.45) is 0 Å². The van der Waals surface area contributed by atoms with Gasteiger partial charge in [0.15, 0.2) is 0 Å². The van der Waals surface area contributed by atoms with Crippen LogP contribution in [0.2, 0.25) is 0 Å². The van der Waals surface area contributed by atoms with E-state index in [0.717, 1.165) is 0 Å². The van der Waals surface area contributed by atoms with E-state index in [1.165, 1.54) is 25.9 Å². The number of hydrogen-bond donors (Lipinski definition) is 0. The zero-order valence-corrected chi connectivity index (χ0v) is 15.2. The lowest BCUT2D eigenvalue weighted by Gasteiger charge is -2.56. The van der Waals surface area contributed by atoms with Crippen LogP contribution in [-0.4, -0.2) is 46.1 Å². The number of rotatable bonds is 0. The van der Waals surface area contributed by atoms with Crippen LogP contribution < -0.4 is 0 Å². The molecule has 122 valence electrons. The zero-order chi connectivity index (χ0) is 16.1. The molecule has 4 rings (SSSR count). The van der Waals surface area contributed by atoms with Gasteiger partial charge in [0.2, 0.25) is 0 Å². The number of nitrogens with zero attached hydrogens (tertiary/aromatic N) is 2. The van der Waals surface area contributed by atoms with Gasteiger partial charge in [-0.1, -0.05) is 24.3 Å². The molecule has 0 aromatic heterocycles. The summed E-state index contributed by atoms with van der Waals surface area (Å²) in [4.78, 5) is 5.52. The fourth-order valence-corrected chi connectivity index (χ4v) is 4.41. The van der Waals surface area contributed by atoms with Gasteiger partial charge < -0.3 is 0 Å². The van der Waals surface area contributed by atoms with Gasteiger partial charge in [0.05, 0.1) is 0 Å². The third-order valence-corrected chi connectivity index (χ3v) is 5.45. The fraction of sp³-hybridized carbons (Fsp3) is 0.700. The molecule has 0 spiro atoms. The molecule has 2 atom stereocenters. The van der Waals surface area contributed by atoms with Crippen molar-refractivity contribution in [1.29, 1.82) is 0 Å². The highest BCUT2D eigenvalue weighted by molar-refractivity contribution is 5.31. The second-order valence-electron chi connectivity index (χ2n) is 9.13. The van der Waals surface area contributed by atoms with Gasteiger partial charge in [-0.3, -0.25) is 9.80 Å². The Bertz CT molecular complexity index is 486. The molecule has 2 bridgehead atoms. The van der Waals surface area contributed by atoms with Gasteiger partial charge in [-0.05, 0) is 65.5 Å². The second kappa shape index (κ2) is 5.35. The molecular weight excluding hydrogens is 268 g/mol. The van der Waals surface area contributed by atoms with Crippen LogP contribution in [0.15, 0.2) is 24.3 Å². The highest BCUT2D eigenvalue weighted by Gasteiger charge is 2.43. The monoisotopic (exact) mass is 300 g/mol. The summed E-state index contributed by atoms with van der Waals surface area (Å²) in [6.07, 6.45) is 2.37. The molecule has 3 aliphatic heterocycles. The van der Waals surface area contributed by atoms with Gasteiger partial charge in [-0.25, -0.2) is 0 Å². The molecule has 1 fully saturated rings. The third kappa shape index (κ3) is 2.96. The van der Waals surface area contributed by atoms with Gasteiger partial charge >= 0.3 is 0 Å². The topological polar surface area (TPSA) is 6.48 Å². The van der Waals surface area contributed by atoms with E-state index < -0.39 is 0 Å². The smallest absolute Gasteiger partial charge is 0.0269 e. The van der Waals surface area contributed by atoms with Crippen molar-refractivity contribution in [3.05, 3.63) is 35.4 Å². The first-order valence-corrected chi connectivity index (χ1v) is 8.76. The van der Waals surface area contributed by atoms with Crippen LogP contribution in [0.1, 0.15) is 52.7 Å². The lowest BCUT2D eigenvalue weighted by Crippen LogP contribution is -2.68. The molecule has 2 heteroatoms. The zero-order valence-electron chi connectivity index (χ0n) is 15.2. The third-order valence-electron chi connectivity index (χ3n) is 5.45. The molecule has 0 saturated carbocycles. The van der Waals surface area contributed by atoms with E-state index in [-0.39, 0.29) is 11.1 Å². The van der Waals surface area contributed by atoms with Crippen molar-refractivity contribution < 1.29 is 0 Å². The summed E-state index contributed by atoms with van der Waals surface area (Å²) >= 11 is 0. The lowest BCUT2D eigenvalue weighted by atomic mass is 9.83. The van der Waals surface area contributed by atoms with Crippen molar-refractivity contribution >= 4 is 0 Å². The first-order chi connectivity index (χ1) is 10.2. The van der Waals surface area contributed by atoms with Crippen LogP contribution in [0.25, 0.3) is 0 Å². The standard InChI is InChI=1S/C20H32N2/c1-19(2,3)21-13-18-12-16-10-8-7-9-15(16)11-17(21)14-22(18)20(4,5)6/h7-10,17-18H,11-14H2,1-6H3. The number of benzene rings is 1. The first kappa shape index (κ1) is 16.0. The van der Waals surface area contributed by atoms with E-state index in [1.807, 2.05) is 0 Å². The number of fused-ring (bicyclic) bond motifs is 2. The van der Waals surface area contributed by atoms with E-state index in [9.17, 15) is 0 Å². The van der Waals surface area contributed by atoms with Crippen molar-refractivity contribution in [2.45, 2.75) is 77.5 Å². The maximum absolute atomic E-state index is 2.76. The van der Waals surface area contributed by atoms with Crippen molar-refractivity contribution in [3.8, 4) is 0 Å². The van der Waals surface area contributed by atoms with Gasteiger partial charge in [0.25, 0.3) is 0 Å². The largest absolute Gasteiger partial charge is 0.292 e. The molecule has 3 heterocycles. The van der Waals surface area contributed by atoms with Gasteiger partial charge in [-0.15, -0.1) is 0 Å². The highest BCUT2D eigenvalue weighted by atomic mass is 15.4. The van der Waals surface area contributed by atoms with Crippen molar-refractivity contribution in [2.75, 3.05) is 13.1 Å². The predicted octanol–water partition coefficient (Wildman–Crippen LogP) is 3.74. The Morgan fingerprint density at radius 2 is 1.09 bits per heavy atom. The molecule has 22 heavy (non-hydrogen) atoms. The summed E-state index contributed by atoms with van der Waals surface area (Å²) in [5, 5.41) is 0.